The van der Waals surface area contributed by atoms with Crippen LogP contribution in [0.15, 0.2) is 29.4 Å². The fraction of sp³-hybridized carbons (Fsp3) is 0.700. The second-order valence-electron chi connectivity index (χ2n) is 7.89. The Morgan fingerprint density at radius 2 is 1.85 bits per heavy atom. The van der Waals surface area contributed by atoms with Gasteiger partial charge in [-0.1, -0.05) is 6.07 Å². The number of piperidine rings is 1. The molecule has 0 spiro atoms. The number of hydrogen-bond donors (Lipinski definition) is 2. The van der Waals surface area contributed by atoms with E-state index >= 15 is 0 Å². The van der Waals surface area contributed by atoms with Gasteiger partial charge in [0.15, 0.2) is 5.96 Å². The molecule has 6 heteroatoms. The van der Waals surface area contributed by atoms with Gasteiger partial charge >= 0.3 is 0 Å². The van der Waals surface area contributed by atoms with Crippen LogP contribution in [0.5, 0.6) is 0 Å². The minimum absolute atomic E-state index is 0. The lowest BCUT2D eigenvalue weighted by Gasteiger charge is -2.34. The van der Waals surface area contributed by atoms with E-state index in [0.717, 1.165) is 62.0 Å². The number of pyridine rings is 1. The van der Waals surface area contributed by atoms with Crippen molar-refractivity contribution in [1.29, 1.82) is 0 Å². The van der Waals surface area contributed by atoms with Gasteiger partial charge in [0.05, 0.1) is 0 Å². The van der Waals surface area contributed by atoms with Gasteiger partial charge in [-0.3, -0.25) is 4.99 Å². The first-order valence-electron chi connectivity index (χ1n) is 9.96. The van der Waals surface area contributed by atoms with Crippen LogP contribution in [0.1, 0.15) is 38.5 Å². The number of rotatable bonds is 6. The lowest BCUT2D eigenvalue weighted by atomic mass is 9.98. The third-order valence-corrected chi connectivity index (χ3v) is 5.99. The fourth-order valence-corrected chi connectivity index (χ4v) is 4.16. The predicted molar refractivity (Wildman–Crippen MR) is 118 cm³/mol. The van der Waals surface area contributed by atoms with E-state index in [4.69, 9.17) is 0 Å². The van der Waals surface area contributed by atoms with Crippen LogP contribution in [0.4, 0.5) is 5.82 Å². The van der Waals surface area contributed by atoms with Gasteiger partial charge in [-0.25, -0.2) is 4.98 Å². The second kappa shape index (κ2) is 9.24. The van der Waals surface area contributed by atoms with Crippen LogP contribution in [0.2, 0.25) is 0 Å². The van der Waals surface area contributed by atoms with Crippen molar-refractivity contribution in [2.75, 3.05) is 31.6 Å². The molecule has 0 radical (unpaired) electrons. The van der Waals surface area contributed by atoms with Crippen LogP contribution in [0, 0.1) is 17.8 Å². The normalized spacial score (nSPS) is 21.5. The summed E-state index contributed by atoms with van der Waals surface area (Å²) in [7, 11) is 1.89. The Bertz CT molecular complexity index is 565. The number of aromatic nitrogens is 1. The fourth-order valence-electron chi connectivity index (χ4n) is 4.16. The van der Waals surface area contributed by atoms with Crippen LogP contribution < -0.4 is 15.5 Å². The summed E-state index contributed by atoms with van der Waals surface area (Å²) in [6.45, 7) is 3.21. The molecule has 1 aromatic rings. The topological polar surface area (TPSA) is 52.6 Å². The molecule has 1 saturated heterocycles. The van der Waals surface area contributed by atoms with Crippen molar-refractivity contribution in [1.82, 2.24) is 15.6 Å². The summed E-state index contributed by atoms with van der Waals surface area (Å²) in [5.41, 5.74) is 0. The molecule has 2 N–H and O–H groups in total. The van der Waals surface area contributed by atoms with Crippen LogP contribution >= 0.6 is 24.0 Å². The molecule has 26 heavy (non-hydrogen) atoms. The van der Waals surface area contributed by atoms with E-state index in [1.165, 1.54) is 25.7 Å². The van der Waals surface area contributed by atoms with Crippen molar-refractivity contribution in [3.05, 3.63) is 24.4 Å². The number of aliphatic imine (C=N–C) groups is 1. The third-order valence-electron chi connectivity index (χ3n) is 5.99. The van der Waals surface area contributed by atoms with Gasteiger partial charge in [0, 0.05) is 38.9 Å². The summed E-state index contributed by atoms with van der Waals surface area (Å²) >= 11 is 0. The second-order valence-corrected chi connectivity index (χ2v) is 7.89. The van der Waals surface area contributed by atoms with Gasteiger partial charge in [-0.15, -0.1) is 24.0 Å². The predicted octanol–water partition coefficient (Wildman–Crippen LogP) is 3.27. The van der Waals surface area contributed by atoms with E-state index < -0.39 is 0 Å². The molecule has 3 fully saturated rings. The maximum absolute atomic E-state index is 4.47. The van der Waals surface area contributed by atoms with Crippen molar-refractivity contribution in [3.63, 3.8) is 0 Å². The first-order valence-corrected chi connectivity index (χ1v) is 9.96. The molecule has 5 nitrogen and oxygen atoms in total. The molecular weight excluding hydrogens is 437 g/mol. The first-order chi connectivity index (χ1) is 12.3. The Labute approximate surface area is 174 Å². The Balaban J connectivity index is 0.00000196. The average Bonchev–Trinajstić information content (AvgIpc) is 3.56. The van der Waals surface area contributed by atoms with Crippen LogP contribution in [-0.4, -0.2) is 43.7 Å². The van der Waals surface area contributed by atoms with E-state index in [1.54, 1.807) is 0 Å². The van der Waals surface area contributed by atoms with Crippen molar-refractivity contribution in [2.45, 2.75) is 44.6 Å². The highest BCUT2D eigenvalue weighted by Gasteiger charge is 2.41. The van der Waals surface area contributed by atoms with Crippen molar-refractivity contribution in [3.8, 4) is 0 Å². The molecule has 1 aliphatic heterocycles. The van der Waals surface area contributed by atoms with Crippen LogP contribution in [0.25, 0.3) is 0 Å². The number of anilines is 1. The standard InChI is InChI=1S/C20H31N5.HI/c1-21-20(23-14-18(15-5-6-15)16-7-8-16)24-17-9-12-25(13-10-17)19-4-2-3-11-22-19;/h2-4,11,15-18H,5-10,12-14H2,1H3,(H2,21,23,24);1H. The highest BCUT2D eigenvalue weighted by atomic mass is 127. The zero-order chi connectivity index (χ0) is 17.1. The smallest absolute Gasteiger partial charge is 0.191 e. The summed E-state index contributed by atoms with van der Waals surface area (Å²) in [6.07, 6.45) is 9.92. The highest BCUT2D eigenvalue weighted by molar-refractivity contribution is 14.0. The van der Waals surface area contributed by atoms with Gasteiger partial charge in [-0.2, -0.15) is 0 Å². The van der Waals surface area contributed by atoms with Gasteiger partial charge in [0.1, 0.15) is 5.82 Å². The lowest BCUT2D eigenvalue weighted by Crippen LogP contribution is -2.49. The summed E-state index contributed by atoms with van der Waals surface area (Å²) in [5, 5.41) is 7.26. The molecule has 1 aromatic heterocycles. The number of nitrogens with zero attached hydrogens (tertiary/aromatic N) is 3. The molecule has 2 heterocycles. The van der Waals surface area contributed by atoms with E-state index in [2.05, 4.69) is 37.6 Å². The number of hydrogen-bond acceptors (Lipinski definition) is 3. The molecule has 2 saturated carbocycles. The zero-order valence-corrected chi connectivity index (χ0v) is 18.1. The Hall–Kier alpha value is -1.05. The average molecular weight is 469 g/mol. The van der Waals surface area contributed by atoms with E-state index in [-0.39, 0.29) is 24.0 Å². The maximum atomic E-state index is 4.47. The Morgan fingerprint density at radius 3 is 2.38 bits per heavy atom. The van der Waals surface area contributed by atoms with Crippen LogP contribution in [0.3, 0.4) is 0 Å². The molecule has 0 unspecified atom stereocenters. The number of guanidine groups is 1. The summed E-state index contributed by atoms with van der Waals surface area (Å²) in [6, 6.07) is 6.65. The molecule has 0 bridgehead atoms. The van der Waals surface area contributed by atoms with E-state index in [1.807, 2.05) is 19.3 Å². The van der Waals surface area contributed by atoms with Crippen molar-refractivity contribution in [2.24, 2.45) is 22.7 Å². The molecule has 0 atom stereocenters. The van der Waals surface area contributed by atoms with Gasteiger partial charge in [0.2, 0.25) is 0 Å². The number of nitrogens with one attached hydrogen (secondary N) is 2. The molecular formula is C20H32IN5. The highest BCUT2D eigenvalue weighted by Crippen LogP contribution is 2.48. The van der Waals surface area contributed by atoms with Crippen molar-refractivity contribution >= 4 is 35.8 Å². The monoisotopic (exact) mass is 469 g/mol. The van der Waals surface area contributed by atoms with Gasteiger partial charge in [-0.05, 0) is 68.4 Å². The Morgan fingerprint density at radius 1 is 1.15 bits per heavy atom. The zero-order valence-electron chi connectivity index (χ0n) is 15.7. The quantitative estimate of drug-likeness (QED) is 0.382. The van der Waals surface area contributed by atoms with Gasteiger partial charge < -0.3 is 15.5 Å². The van der Waals surface area contributed by atoms with Crippen molar-refractivity contribution < 1.29 is 0 Å². The lowest BCUT2D eigenvalue weighted by molar-refractivity contribution is 0.396. The number of halogens is 1. The van der Waals surface area contributed by atoms with Crippen LogP contribution in [-0.2, 0) is 0 Å². The third kappa shape index (κ3) is 5.24. The molecule has 0 aromatic carbocycles. The summed E-state index contributed by atoms with van der Waals surface area (Å²) < 4.78 is 0. The Kier molecular flexibility index (Phi) is 7.00. The minimum Gasteiger partial charge on any atom is -0.356 e. The summed E-state index contributed by atoms with van der Waals surface area (Å²) in [5.74, 6) is 4.94. The van der Waals surface area contributed by atoms with Gasteiger partial charge in [0.25, 0.3) is 0 Å². The van der Waals surface area contributed by atoms with E-state index in [0.29, 0.717) is 6.04 Å². The molecule has 2 aliphatic carbocycles. The largest absolute Gasteiger partial charge is 0.356 e. The molecule has 0 amide bonds. The molecule has 144 valence electrons. The maximum Gasteiger partial charge on any atom is 0.191 e. The summed E-state index contributed by atoms with van der Waals surface area (Å²) in [4.78, 5) is 11.3. The molecule has 3 aliphatic rings. The SMILES string of the molecule is CN=C(NCC(C1CC1)C1CC1)NC1CCN(c2ccccn2)CC1.I. The minimum atomic E-state index is 0. The molecule has 4 rings (SSSR count). The van der Waals surface area contributed by atoms with E-state index in [9.17, 15) is 0 Å². The first kappa shape index (κ1) is 19.7.